The summed E-state index contributed by atoms with van der Waals surface area (Å²) in [6, 6.07) is 17.4. The molecule has 11 heteroatoms. The number of nitrogens with zero attached hydrogens (tertiary/aromatic N) is 2. The zero-order chi connectivity index (χ0) is 26.0. The van der Waals surface area contributed by atoms with Crippen LogP contribution in [0.4, 0.5) is 24.5 Å². The number of carbonyl (C=O) groups is 2. The number of carbonyl (C=O) groups excluding carboxylic acids is 2. The Morgan fingerprint density at radius 3 is 2.36 bits per heavy atom. The number of halogens is 5. The summed E-state index contributed by atoms with van der Waals surface area (Å²) in [5.41, 5.74) is 0.414. The second-order valence-electron chi connectivity index (χ2n) is 8.03. The Hall–Kier alpha value is -2.70. The molecule has 3 aromatic rings. The van der Waals surface area contributed by atoms with Crippen LogP contribution in [0, 0.1) is 3.57 Å². The van der Waals surface area contributed by atoms with E-state index >= 15 is 0 Å². The zero-order valence-electron chi connectivity index (χ0n) is 18.4. The number of hydrogen-bond donors (Lipinski definition) is 1. The molecule has 1 aliphatic rings. The van der Waals surface area contributed by atoms with Crippen LogP contribution in [-0.2, 0) is 22.3 Å². The van der Waals surface area contributed by atoms with Crippen LogP contribution in [0.5, 0.6) is 0 Å². The molecular weight excluding hydrogens is 626 g/mol. The Morgan fingerprint density at radius 2 is 1.72 bits per heavy atom. The van der Waals surface area contributed by atoms with E-state index in [1.165, 1.54) is 12.1 Å². The summed E-state index contributed by atoms with van der Waals surface area (Å²) in [6.07, 6.45) is -4.83. The highest BCUT2D eigenvalue weighted by molar-refractivity contribution is 14.1. The van der Waals surface area contributed by atoms with Gasteiger partial charge in [-0.3, -0.25) is 14.5 Å². The van der Waals surface area contributed by atoms with Crippen molar-refractivity contribution in [2.45, 2.75) is 25.2 Å². The molecule has 3 aromatic carbocycles. The van der Waals surface area contributed by atoms with E-state index < -0.39 is 29.6 Å². The highest BCUT2D eigenvalue weighted by atomic mass is 127. The van der Waals surface area contributed by atoms with Crippen molar-refractivity contribution in [2.24, 2.45) is 0 Å². The highest BCUT2D eigenvalue weighted by Crippen LogP contribution is 2.34. The molecule has 186 valence electrons. The van der Waals surface area contributed by atoms with Gasteiger partial charge in [0.25, 0.3) is 5.91 Å². The maximum atomic E-state index is 13.5. The molecule has 0 aromatic heterocycles. The van der Waals surface area contributed by atoms with Crippen LogP contribution in [0.15, 0.2) is 72.8 Å². The third-order valence-electron chi connectivity index (χ3n) is 5.52. The van der Waals surface area contributed by atoms with Gasteiger partial charge in [0.05, 0.1) is 17.7 Å². The van der Waals surface area contributed by atoms with Gasteiger partial charge >= 0.3 is 6.18 Å². The Kier molecular flexibility index (Phi) is 7.86. The minimum Gasteiger partial charge on any atom is -0.332 e. The van der Waals surface area contributed by atoms with Crippen LogP contribution in [0.25, 0.3) is 0 Å². The number of anilines is 2. The van der Waals surface area contributed by atoms with E-state index in [-0.39, 0.29) is 23.8 Å². The van der Waals surface area contributed by atoms with Gasteiger partial charge < -0.3 is 10.2 Å². The van der Waals surface area contributed by atoms with Gasteiger partial charge in [0, 0.05) is 20.8 Å². The Morgan fingerprint density at radius 1 is 1.06 bits per heavy atom. The molecule has 1 fully saturated rings. The average Bonchev–Trinajstić information content (AvgIpc) is 3.05. The molecule has 0 radical (unpaired) electrons. The van der Waals surface area contributed by atoms with Gasteiger partial charge in [-0.2, -0.15) is 13.2 Å². The fourth-order valence-electron chi connectivity index (χ4n) is 3.78. The van der Waals surface area contributed by atoms with Crippen LogP contribution in [-0.4, -0.2) is 27.9 Å². The lowest BCUT2D eigenvalue weighted by Gasteiger charge is -2.24. The van der Waals surface area contributed by atoms with Gasteiger partial charge in [0.1, 0.15) is 6.04 Å². The van der Waals surface area contributed by atoms with Gasteiger partial charge in [0.15, 0.2) is 5.11 Å². The SMILES string of the molecule is O=C(CC1C(=O)N(c2cccc(C(F)(F)F)c2)C(=S)N1Cc1ccc(Cl)cc1)Nc1ccc(I)cc1. The van der Waals surface area contributed by atoms with Crippen molar-refractivity contribution >= 4 is 74.7 Å². The second kappa shape index (κ2) is 10.7. The standard InChI is InChI=1S/C25H18ClF3IN3O2S/c26-17-6-4-15(5-7-17)14-32-21(13-22(34)31-19-10-8-18(30)9-11-19)23(35)33(24(32)36)20-3-1-2-16(12-20)25(27,28)29/h1-12,21H,13-14H2,(H,31,34). The van der Waals surface area contributed by atoms with Crippen LogP contribution in [0.3, 0.4) is 0 Å². The lowest BCUT2D eigenvalue weighted by molar-refractivity contribution is -0.137. The number of alkyl halides is 3. The fourth-order valence-corrected chi connectivity index (χ4v) is 4.65. The third-order valence-corrected chi connectivity index (χ3v) is 6.91. The van der Waals surface area contributed by atoms with Gasteiger partial charge in [-0.15, -0.1) is 0 Å². The van der Waals surface area contributed by atoms with Crippen molar-refractivity contribution < 1.29 is 22.8 Å². The first kappa shape index (κ1) is 26.4. The molecule has 0 bridgehead atoms. The molecule has 5 nitrogen and oxygen atoms in total. The van der Waals surface area contributed by atoms with E-state index in [4.69, 9.17) is 23.8 Å². The first-order valence-electron chi connectivity index (χ1n) is 10.6. The topological polar surface area (TPSA) is 52.7 Å². The number of benzene rings is 3. The molecule has 2 amide bonds. The maximum Gasteiger partial charge on any atom is 0.416 e. The van der Waals surface area contributed by atoms with Gasteiger partial charge in [0.2, 0.25) is 5.91 Å². The summed E-state index contributed by atoms with van der Waals surface area (Å²) >= 11 is 13.7. The van der Waals surface area contributed by atoms with Crippen molar-refractivity contribution in [1.82, 2.24) is 4.90 Å². The minimum absolute atomic E-state index is 0.0125. The van der Waals surface area contributed by atoms with E-state index in [9.17, 15) is 22.8 Å². The number of amides is 2. The number of hydrogen-bond acceptors (Lipinski definition) is 3. The molecule has 1 atom stereocenters. The third kappa shape index (κ3) is 5.98. The zero-order valence-corrected chi connectivity index (χ0v) is 22.2. The predicted octanol–water partition coefficient (Wildman–Crippen LogP) is 6.49. The van der Waals surface area contributed by atoms with Crippen molar-refractivity contribution in [3.8, 4) is 0 Å². The van der Waals surface area contributed by atoms with Crippen LogP contribution in [0.2, 0.25) is 5.02 Å². The predicted molar refractivity (Wildman–Crippen MR) is 145 cm³/mol. The Balaban J connectivity index is 1.63. The van der Waals surface area contributed by atoms with E-state index in [0.717, 1.165) is 26.2 Å². The summed E-state index contributed by atoms with van der Waals surface area (Å²) in [4.78, 5) is 28.9. The van der Waals surface area contributed by atoms with E-state index in [0.29, 0.717) is 10.7 Å². The normalized spacial score (nSPS) is 16.0. The van der Waals surface area contributed by atoms with Crippen LogP contribution >= 0.6 is 46.4 Å². The second-order valence-corrected chi connectivity index (χ2v) is 10.1. The molecule has 1 N–H and O–H groups in total. The molecule has 4 rings (SSSR count). The molecule has 0 aliphatic carbocycles. The monoisotopic (exact) mass is 643 g/mol. The highest BCUT2D eigenvalue weighted by Gasteiger charge is 2.44. The number of nitrogens with one attached hydrogen (secondary N) is 1. The molecule has 1 saturated heterocycles. The van der Waals surface area contributed by atoms with Gasteiger partial charge in [-0.1, -0.05) is 29.8 Å². The van der Waals surface area contributed by atoms with Crippen LogP contribution < -0.4 is 10.2 Å². The molecular formula is C25H18ClF3IN3O2S. The van der Waals surface area contributed by atoms with E-state index in [2.05, 4.69) is 27.9 Å². The fraction of sp³-hybridized carbons (Fsp3) is 0.160. The van der Waals surface area contributed by atoms with Gasteiger partial charge in [-0.05, 0) is 95.0 Å². The molecule has 36 heavy (non-hydrogen) atoms. The van der Waals surface area contributed by atoms with E-state index in [1.54, 1.807) is 41.3 Å². The van der Waals surface area contributed by atoms with E-state index in [1.807, 2.05) is 12.1 Å². The van der Waals surface area contributed by atoms with Crippen molar-refractivity contribution in [3.63, 3.8) is 0 Å². The smallest absolute Gasteiger partial charge is 0.332 e. The molecule has 1 unspecified atom stereocenters. The van der Waals surface area contributed by atoms with Crippen molar-refractivity contribution in [2.75, 3.05) is 10.2 Å². The lowest BCUT2D eigenvalue weighted by atomic mass is 10.1. The summed E-state index contributed by atoms with van der Waals surface area (Å²) in [6.45, 7) is 0.165. The Labute approximate surface area is 229 Å². The first-order valence-corrected chi connectivity index (χ1v) is 12.5. The number of rotatable bonds is 6. The number of thiocarbonyl (C=S) groups is 1. The maximum absolute atomic E-state index is 13.5. The summed E-state index contributed by atoms with van der Waals surface area (Å²) in [7, 11) is 0. The summed E-state index contributed by atoms with van der Waals surface area (Å²) in [5.74, 6) is -1.00. The molecule has 0 saturated carbocycles. The quantitative estimate of drug-likeness (QED) is 0.246. The first-order chi connectivity index (χ1) is 17.0. The van der Waals surface area contributed by atoms with Crippen LogP contribution in [0.1, 0.15) is 17.5 Å². The summed E-state index contributed by atoms with van der Waals surface area (Å²) in [5, 5.41) is 3.30. The lowest BCUT2D eigenvalue weighted by Crippen LogP contribution is -2.37. The van der Waals surface area contributed by atoms with Gasteiger partial charge in [-0.25, -0.2) is 0 Å². The molecule has 1 heterocycles. The van der Waals surface area contributed by atoms with Crippen molar-refractivity contribution in [1.29, 1.82) is 0 Å². The largest absolute Gasteiger partial charge is 0.416 e. The minimum atomic E-state index is -4.59. The van der Waals surface area contributed by atoms with Crippen molar-refractivity contribution in [3.05, 3.63) is 92.5 Å². The Bertz CT molecular complexity index is 1300. The molecule has 1 aliphatic heterocycles. The molecule has 0 spiro atoms. The summed E-state index contributed by atoms with van der Waals surface area (Å²) < 4.78 is 40.9. The average molecular weight is 644 g/mol.